The lowest BCUT2D eigenvalue weighted by molar-refractivity contribution is 0.140. The number of furan rings is 1. The summed E-state index contributed by atoms with van der Waals surface area (Å²) in [4.78, 5) is 0. The predicted octanol–water partition coefficient (Wildman–Crippen LogP) is 2.75. The minimum absolute atomic E-state index is 0.324. The van der Waals surface area contributed by atoms with Crippen LogP contribution in [0.1, 0.15) is 38.5 Å². The Morgan fingerprint density at radius 2 is 2.33 bits per heavy atom. The molecule has 3 nitrogen and oxygen atoms in total. The van der Waals surface area contributed by atoms with E-state index in [0.29, 0.717) is 6.04 Å². The van der Waals surface area contributed by atoms with E-state index in [0.717, 1.165) is 38.4 Å². The lowest BCUT2D eigenvalue weighted by Crippen LogP contribution is -2.20. The summed E-state index contributed by atoms with van der Waals surface area (Å²) < 4.78 is 10.7. The minimum Gasteiger partial charge on any atom is -0.468 e. The normalized spacial score (nSPS) is 12.9. The summed E-state index contributed by atoms with van der Waals surface area (Å²) in [6.07, 6.45) is 3.84. The highest BCUT2D eigenvalue weighted by molar-refractivity contribution is 5.04. The van der Waals surface area contributed by atoms with Gasteiger partial charge in [-0.1, -0.05) is 6.92 Å². The molecule has 0 bridgehead atoms. The molecule has 1 N–H and O–H groups in total. The molecule has 1 heterocycles. The van der Waals surface area contributed by atoms with Crippen LogP contribution in [0.5, 0.6) is 0 Å². The zero-order chi connectivity index (χ0) is 10.9. The molecule has 0 aromatic carbocycles. The molecular formula is C12H21NO2. The van der Waals surface area contributed by atoms with Crippen LogP contribution in [0.3, 0.4) is 0 Å². The van der Waals surface area contributed by atoms with Gasteiger partial charge in [-0.25, -0.2) is 0 Å². The van der Waals surface area contributed by atoms with Crippen LogP contribution in [0, 0.1) is 0 Å². The van der Waals surface area contributed by atoms with Crippen molar-refractivity contribution in [1.82, 2.24) is 5.32 Å². The predicted molar refractivity (Wildman–Crippen MR) is 60.9 cm³/mol. The highest BCUT2D eigenvalue weighted by Crippen LogP contribution is 2.18. The van der Waals surface area contributed by atoms with Crippen LogP contribution in [-0.4, -0.2) is 19.8 Å². The molecule has 1 aromatic rings. The molecule has 1 atom stereocenters. The number of hydrogen-bond donors (Lipinski definition) is 1. The number of nitrogens with one attached hydrogen (secondary N) is 1. The van der Waals surface area contributed by atoms with E-state index in [1.807, 2.05) is 19.1 Å². The smallest absolute Gasteiger partial charge is 0.120 e. The van der Waals surface area contributed by atoms with Crippen molar-refractivity contribution in [3.63, 3.8) is 0 Å². The maximum Gasteiger partial charge on any atom is 0.120 e. The number of hydrogen-bond acceptors (Lipinski definition) is 3. The molecule has 1 rings (SSSR count). The molecule has 15 heavy (non-hydrogen) atoms. The van der Waals surface area contributed by atoms with Gasteiger partial charge in [0.15, 0.2) is 0 Å². The van der Waals surface area contributed by atoms with Crippen LogP contribution in [0.25, 0.3) is 0 Å². The molecule has 1 aromatic heterocycles. The van der Waals surface area contributed by atoms with Crippen LogP contribution < -0.4 is 5.32 Å². The maximum atomic E-state index is 5.40. The van der Waals surface area contributed by atoms with E-state index < -0.39 is 0 Å². The van der Waals surface area contributed by atoms with E-state index in [1.54, 1.807) is 6.26 Å². The lowest BCUT2D eigenvalue weighted by atomic mass is 10.1. The summed E-state index contributed by atoms with van der Waals surface area (Å²) >= 11 is 0. The topological polar surface area (TPSA) is 34.4 Å². The second-order valence-electron chi connectivity index (χ2n) is 3.46. The van der Waals surface area contributed by atoms with Crippen LogP contribution >= 0.6 is 0 Å². The number of ether oxygens (including phenoxy) is 1. The van der Waals surface area contributed by atoms with Crippen molar-refractivity contribution in [2.45, 2.75) is 32.7 Å². The number of rotatable bonds is 8. The summed E-state index contributed by atoms with van der Waals surface area (Å²) in [5.74, 6) is 1.02. The van der Waals surface area contributed by atoms with Crippen molar-refractivity contribution >= 4 is 0 Å². The molecule has 0 fully saturated rings. The monoisotopic (exact) mass is 211 g/mol. The molecule has 3 heteroatoms. The van der Waals surface area contributed by atoms with Gasteiger partial charge in [-0.05, 0) is 38.4 Å². The zero-order valence-corrected chi connectivity index (χ0v) is 9.66. The van der Waals surface area contributed by atoms with Gasteiger partial charge in [-0.15, -0.1) is 0 Å². The molecule has 0 saturated carbocycles. The van der Waals surface area contributed by atoms with Crippen LogP contribution in [-0.2, 0) is 4.74 Å². The van der Waals surface area contributed by atoms with Gasteiger partial charge < -0.3 is 14.5 Å². The summed E-state index contributed by atoms with van der Waals surface area (Å²) in [7, 11) is 0. The van der Waals surface area contributed by atoms with Crippen molar-refractivity contribution in [2.75, 3.05) is 19.8 Å². The standard InChI is InChI=1S/C12H21NO2/c1-3-13-11(7-5-9-14-4-2)12-8-6-10-15-12/h6,8,10-11,13H,3-5,7,9H2,1-2H3. The first-order valence-corrected chi connectivity index (χ1v) is 5.73. The molecule has 0 amide bonds. The average molecular weight is 211 g/mol. The second-order valence-corrected chi connectivity index (χ2v) is 3.46. The Kier molecular flexibility index (Phi) is 6.12. The van der Waals surface area contributed by atoms with Crippen molar-refractivity contribution in [3.8, 4) is 0 Å². The molecule has 86 valence electrons. The van der Waals surface area contributed by atoms with Gasteiger partial charge in [0.2, 0.25) is 0 Å². The summed E-state index contributed by atoms with van der Waals surface area (Å²) in [5.41, 5.74) is 0. The fourth-order valence-corrected chi connectivity index (χ4v) is 1.61. The van der Waals surface area contributed by atoms with E-state index in [1.165, 1.54) is 0 Å². The third kappa shape index (κ3) is 4.49. The third-order valence-corrected chi connectivity index (χ3v) is 2.32. The van der Waals surface area contributed by atoms with Gasteiger partial charge in [0, 0.05) is 13.2 Å². The first kappa shape index (κ1) is 12.3. The van der Waals surface area contributed by atoms with Gasteiger partial charge in [0.25, 0.3) is 0 Å². The molecule has 0 aliphatic carbocycles. The molecule has 0 aliphatic rings. The molecule has 0 saturated heterocycles. The van der Waals surface area contributed by atoms with E-state index in [-0.39, 0.29) is 0 Å². The Morgan fingerprint density at radius 3 is 2.93 bits per heavy atom. The Bertz CT molecular complexity index is 234. The van der Waals surface area contributed by atoms with Crippen molar-refractivity contribution in [2.24, 2.45) is 0 Å². The summed E-state index contributed by atoms with van der Waals surface area (Å²) in [5, 5.41) is 3.41. The van der Waals surface area contributed by atoms with Crippen molar-refractivity contribution < 1.29 is 9.15 Å². The SMILES string of the molecule is CCNC(CCCOCC)c1ccco1. The Labute approximate surface area is 91.8 Å². The molecule has 1 unspecified atom stereocenters. The van der Waals surface area contributed by atoms with Gasteiger partial charge in [0.1, 0.15) is 5.76 Å². The Balaban J connectivity index is 2.31. The van der Waals surface area contributed by atoms with E-state index in [2.05, 4.69) is 12.2 Å². The van der Waals surface area contributed by atoms with Crippen molar-refractivity contribution in [1.29, 1.82) is 0 Å². The van der Waals surface area contributed by atoms with Crippen LogP contribution in [0.2, 0.25) is 0 Å². The minimum atomic E-state index is 0.324. The molecule has 0 aliphatic heterocycles. The summed E-state index contributed by atoms with van der Waals surface area (Å²) in [6, 6.07) is 4.28. The third-order valence-electron chi connectivity index (χ3n) is 2.32. The maximum absolute atomic E-state index is 5.40. The first-order chi connectivity index (χ1) is 7.38. The van der Waals surface area contributed by atoms with E-state index in [4.69, 9.17) is 9.15 Å². The van der Waals surface area contributed by atoms with Crippen molar-refractivity contribution in [3.05, 3.63) is 24.2 Å². The lowest BCUT2D eigenvalue weighted by Gasteiger charge is -2.15. The van der Waals surface area contributed by atoms with Gasteiger partial charge in [0.05, 0.1) is 12.3 Å². The Morgan fingerprint density at radius 1 is 1.47 bits per heavy atom. The first-order valence-electron chi connectivity index (χ1n) is 5.73. The quantitative estimate of drug-likeness (QED) is 0.671. The van der Waals surface area contributed by atoms with E-state index >= 15 is 0 Å². The van der Waals surface area contributed by atoms with Gasteiger partial charge >= 0.3 is 0 Å². The largest absolute Gasteiger partial charge is 0.468 e. The highest BCUT2D eigenvalue weighted by Gasteiger charge is 2.11. The van der Waals surface area contributed by atoms with E-state index in [9.17, 15) is 0 Å². The second kappa shape index (κ2) is 7.49. The van der Waals surface area contributed by atoms with Crippen LogP contribution in [0.4, 0.5) is 0 Å². The fraction of sp³-hybridized carbons (Fsp3) is 0.667. The van der Waals surface area contributed by atoms with Gasteiger partial charge in [-0.3, -0.25) is 0 Å². The summed E-state index contributed by atoms with van der Waals surface area (Å²) in [6.45, 7) is 6.72. The molecule has 0 radical (unpaired) electrons. The molecule has 0 spiro atoms. The molecular weight excluding hydrogens is 190 g/mol. The van der Waals surface area contributed by atoms with Gasteiger partial charge in [-0.2, -0.15) is 0 Å². The Hall–Kier alpha value is -0.800. The van der Waals surface area contributed by atoms with Crippen LogP contribution in [0.15, 0.2) is 22.8 Å². The highest BCUT2D eigenvalue weighted by atomic mass is 16.5. The fourth-order valence-electron chi connectivity index (χ4n) is 1.61. The zero-order valence-electron chi connectivity index (χ0n) is 9.66. The average Bonchev–Trinajstić information content (AvgIpc) is 2.76.